The standard InChI is InChI=1S/C15H16ClN3O/c1-8-3-6-12(11(16)7-8)20-15-9(2)13(17)18-14(19-15)10-4-5-10/h3,6-7,10H,4-5H2,1-2H3,(H2,17,18,19). The van der Waals surface area contributed by atoms with Gasteiger partial charge >= 0.3 is 0 Å². The molecule has 0 aliphatic heterocycles. The molecule has 1 aliphatic rings. The Morgan fingerprint density at radius 1 is 1.25 bits per heavy atom. The molecule has 2 N–H and O–H groups in total. The van der Waals surface area contributed by atoms with E-state index in [0.717, 1.165) is 29.8 Å². The number of halogens is 1. The van der Waals surface area contributed by atoms with Gasteiger partial charge in [-0.15, -0.1) is 0 Å². The number of benzene rings is 1. The van der Waals surface area contributed by atoms with Crippen LogP contribution in [0.1, 0.15) is 35.7 Å². The average molecular weight is 290 g/mol. The molecule has 1 aromatic carbocycles. The van der Waals surface area contributed by atoms with E-state index in [4.69, 9.17) is 22.1 Å². The number of hydrogen-bond acceptors (Lipinski definition) is 4. The minimum Gasteiger partial charge on any atom is -0.437 e. The van der Waals surface area contributed by atoms with Gasteiger partial charge in [0.25, 0.3) is 0 Å². The zero-order valence-electron chi connectivity index (χ0n) is 11.5. The molecule has 0 saturated heterocycles. The van der Waals surface area contributed by atoms with Gasteiger partial charge in [-0.1, -0.05) is 17.7 Å². The summed E-state index contributed by atoms with van der Waals surface area (Å²) < 4.78 is 5.83. The van der Waals surface area contributed by atoms with Crippen LogP contribution in [0.25, 0.3) is 0 Å². The lowest BCUT2D eigenvalue weighted by Crippen LogP contribution is -2.04. The van der Waals surface area contributed by atoms with Crippen LogP contribution >= 0.6 is 11.6 Å². The van der Waals surface area contributed by atoms with Crippen molar-refractivity contribution < 1.29 is 4.74 Å². The fraction of sp³-hybridized carbons (Fsp3) is 0.333. The van der Waals surface area contributed by atoms with Gasteiger partial charge in [0.05, 0.1) is 10.6 Å². The van der Waals surface area contributed by atoms with Crippen molar-refractivity contribution in [1.82, 2.24) is 9.97 Å². The third kappa shape index (κ3) is 2.56. The van der Waals surface area contributed by atoms with E-state index in [2.05, 4.69) is 9.97 Å². The van der Waals surface area contributed by atoms with Crippen LogP contribution in [-0.4, -0.2) is 9.97 Å². The predicted molar refractivity (Wildman–Crippen MR) is 79.4 cm³/mol. The maximum atomic E-state index is 6.19. The predicted octanol–water partition coefficient (Wildman–Crippen LogP) is 4.00. The molecule has 3 rings (SSSR count). The summed E-state index contributed by atoms with van der Waals surface area (Å²) in [7, 11) is 0. The number of hydrogen-bond donors (Lipinski definition) is 1. The molecule has 1 aliphatic carbocycles. The quantitative estimate of drug-likeness (QED) is 0.928. The SMILES string of the molecule is Cc1ccc(Oc2nc(C3CC3)nc(N)c2C)c(Cl)c1. The lowest BCUT2D eigenvalue weighted by atomic mass is 10.2. The van der Waals surface area contributed by atoms with E-state index in [9.17, 15) is 0 Å². The third-order valence-electron chi connectivity index (χ3n) is 3.39. The number of nitrogens with zero attached hydrogens (tertiary/aromatic N) is 2. The van der Waals surface area contributed by atoms with Gasteiger partial charge in [-0.05, 0) is 44.4 Å². The largest absolute Gasteiger partial charge is 0.437 e. The van der Waals surface area contributed by atoms with Crippen molar-refractivity contribution in [3.05, 3.63) is 40.2 Å². The van der Waals surface area contributed by atoms with Crippen LogP contribution < -0.4 is 10.5 Å². The van der Waals surface area contributed by atoms with Crippen molar-refractivity contribution >= 4 is 17.4 Å². The molecule has 1 aromatic heterocycles. The first-order valence-electron chi connectivity index (χ1n) is 6.62. The molecular weight excluding hydrogens is 274 g/mol. The second kappa shape index (κ2) is 4.94. The molecule has 4 nitrogen and oxygen atoms in total. The molecule has 20 heavy (non-hydrogen) atoms. The average Bonchev–Trinajstić information content (AvgIpc) is 3.22. The number of aromatic nitrogens is 2. The summed E-state index contributed by atoms with van der Waals surface area (Å²) >= 11 is 6.19. The summed E-state index contributed by atoms with van der Waals surface area (Å²) in [6, 6.07) is 5.65. The van der Waals surface area contributed by atoms with Crippen molar-refractivity contribution in [3.63, 3.8) is 0 Å². The number of ether oxygens (including phenoxy) is 1. The Morgan fingerprint density at radius 2 is 2.00 bits per heavy atom. The Balaban J connectivity index is 1.97. The summed E-state index contributed by atoms with van der Waals surface area (Å²) in [6.45, 7) is 3.83. The van der Waals surface area contributed by atoms with Crippen molar-refractivity contribution in [1.29, 1.82) is 0 Å². The minimum absolute atomic E-state index is 0.425. The van der Waals surface area contributed by atoms with Gasteiger partial charge in [0.2, 0.25) is 5.88 Å². The van der Waals surface area contributed by atoms with Gasteiger partial charge in [0.15, 0.2) is 0 Å². The highest BCUT2D eigenvalue weighted by molar-refractivity contribution is 6.32. The molecule has 104 valence electrons. The van der Waals surface area contributed by atoms with Crippen LogP contribution in [0.4, 0.5) is 5.82 Å². The number of aryl methyl sites for hydroxylation is 1. The Bertz CT molecular complexity index is 668. The molecule has 1 saturated carbocycles. The van der Waals surface area contributed by atoms with Crippen LogP contribution in [-0.2, 0) is 0 Å². The van der Waals surface area contributed by atoms with Gasteiger partial charge in [-0.25, -0.2) is 4.98 Å². The van der Waals surface area contributed by atoms with Crippen molar-refractivity contribution in [2.45, 2.75) is 32.6 Å². The molecule has 0 radical (unpaired) electrons. The zero-order chi connectivity index (χ0) is 14.3. The lowest BCUT2D eigenvalue weighted by Gasteiger charge is -2.12. The van der Waals surface area contributed by atoms with Gasteiger partial charge in [0, 0.05) is 5.92 Å². The van der Waals surface area contributed by atoms with E-state index in [1.807, 2.05) is 32.0 Å². The Labute approximate surface area is 123 Å². The smallest absolute Gasteiger partial charge is 0.227 e. The first-order valence-corrected chi connectivity index (χ1v) is 7.00. The summed E-state index contributed by atoms with van der Waals surface area (Å²) in [5.74, 6) is 2.74. The fourth-order valence-corrected chi connectivity index (χ4v) is 2.22. The summed E-state index contributed by atoms with van der Waals surface area (Å²) in [4.78, 5) is 8.81. The van der Waals surface area contributed by atoms with E-state index in [1.54, 1.807) is 0 Å². The lowest BCUT2D eigenvalue weighted by molar-refractivity contribution is 0.455. The molecular formula is C15H16ClN3O. The van der Waals surface area contributed by atoms with Gasteiger partial charge in [-0.3, -0.25) is 0 Å². The normalized spacial score (nSPS) is 14.3. The molecule has 5 heteroatoms. The highest BCUT2D eigenvalue weighted by atomic mass is 35.5. The molecule has 0 bridgehead atoms. The van der Waals surface area contributed by atoms with Crippen LogP contribution in [0.5, 0.6) is 11.6 Å². The van der Waals surface area contributed by atoms with E-state index in [0.29, 0.717) is 28.4 Å². The van der Waals surface area contributed by atoms with Gasteiger partial charge < -0.3 is 10.5 Å². The summed E-state index contributed by atoms with van der Waals surface area (Å²) in [5.41, 5.74) is 7.76. The van der Waals surface area contributed by atoms with Gasteiger partial charge in [0.1, 0.15) is 17.4 Å². The van der Waals surface area contributed by atoms with Crippen LogP contribution in [0.15, 0.2) is 18.2 Å². The third-order valence-corrected chi connectivity index (χ3v) is 3.69. The van der Waals surface area contributed by atoms with Crippen molar-refractivity contribution in [2.75, 3.05) is 5.73 Å². The first kappa shape index (κ1) is 13.2. The number of nitrogen functional groups attached to an aromatic ring is 1. The maximum Gasteiger partial charge on any atom is 0.227 e. The maximum absolute atomic E-state index is 6.19. The van der Waals surface area contributed by atoms with Crippen molar-refractivity contribution in [3.8, 4) is 11.6 Å². The topological polar surface area (TPSA) is 61.0 Å². The van der Waals surface area contributed by atoms with Crippen LogP contribution in [0.3, 0.4) is 0 Å². The minimum atomic E-state index is 0.425. The molecule has 0 spiro atoms. The fourth-order valence-electron chi connectivity index (χ4n) is 1.95. The van der Waals surface area contributed by atoms with Crippen molar-refractivity contribution in [2.24, 2.45) is 0 Å². The summed E-state index contributed by atoms with van der Waals surface area (Å²) in [5, 5.41) is 0.564. The van der Waals surface area contributed by atoms with Crippen LogP contribution in [0.2, 0.25) is 5.02 Å². The molecule has 2 aromatic rings. The zero-order valence-corrected chi connectivity index (χ0v) is 12.2. The monoisotopic (exact) mass is 289 g/mol. The second-order valence-corrected chi connectivity index (χ2v) is 5.61. The molecule has 0 atom stereocenters. The first-order chi connectivity index (χ1) is 9.54. The molecule has 0 amide bonds. The molecule has 1 heterocycles. The molecule has 0 unspecified atom stereocenters. The Hall–Kier alpha value is -1.81. The number of rotatable bonds is 3. The molecule has 1 fully saturated rings. The van der Waals surface area contributed by atoms with E-state index >= 15 is 0 Å². The Morgan fingerprint density at radius 3 is 2.65 bits per heavy atom. The summed E-state index contributed by atoms with van der Waals surface area (Å²) in [6.07, 6.45) is 2.24. The number of nitrogens with two attached hydrogens (primary N) is 1. The van der Waals surface area contributed by atoms with Crippen LogP contribution in [0, 0.1) is 13.8 Å². The second-order valence-electron chi connectivity index (χ2n) is 5.21. The van der Waals surface area contributed by atoms with E-state index in [-0.39, 0.29) is 0 Å². The van der Waals surface area contributed by atoms with E-state index < -0.39 is 0 Å². The highest BCUT2D eigenvalue weighted by Gasteiger charge is 2.28. The number of anilines is 1. The van der Waals surface area contributed by atoms with E-state index in [1.165, 1.54) is 0 Å². The highest BCUT2D eigenvalue weighted by Crippen LogP contribution is 2.40. The Kier molecular flexibility index (Phi) is 3.26. The van der Waals surface area contributed by atoms with Gasteiger partial charge in [-0.2, -0.15) is 4.98 Å².